The van der Waals surface area contributed by atoms with Crippen LogP contribution in [0.4, 0.5) is 4.79 Å². The maximum absolute atomic E-state index is 12.3. The Hall–Kier alpha value is -1.23. The molecule has 0 aliphatic heterocycles. The molecular weight excluding hydrogens is 346 g/mol. The molecule has 1 rings (SSSR count). The second-order valence-corrected chi connectivity index (χ2v) is 7.24. The molecule has 0 aromatic heterocycles. The predicted molar refractivity (Wildman–Crippen MR) is 92.2 cm³/mol. The molecule has 124 valence electrons. The Kier molecular flexibility index (Phi) is 6.72. The van der Waals surface area contributed by atoms with Gasteiger partial charge in [0, 0.05) is 12.1 Å². The van der Waals surface area contributed by atoms with Crippen molar-refractivity contribution >= 4 is 22.0 Å². The van der Waals surface area contributed by atoms with Crippen LogP contribution in [0.3, 0.4) is 0 Å². The minimum atomic E-state index is -0.501. The van der Waals surface area contributed by atoms with Gasteiger partial charge in [-0.15, -0.1) is 0 Å². The highest BCUT2D eigenvalue weighted by Crippen LogP contribution is 2.31. The van der Waals surface area contributed by atoms with Crippen molar-refractivity contribution in [3.8, 4) is 5.75 Å². The molecule has 1 amide bonds. The Morgan fingerprint density at radius 1 is 1.32 bits per heavy atom. The van der Waals surface area contributed by atoms with Crippen molar-refractivity contribution in [1.29, 1.82) is 0 Å². The highest BCUT2D eigenvalue weighted by Gasteiger charge is 2.22. The van der Waals surface area contributed by atoms with Gasteiger partial charge in [0.15, 0.2) is 0 Å². The number of halogens is 1. The fourth-order valence-corrected chi connectivity index (χ4v) is 2.38. The van der Waals surface area contributed by atoms with E-state index in [1.165, 1.54) is 0 Å². The van der Waals surface area contributed by atoms with Crippen LogP contribution in [0, 0.1) is 0 Å². The molecule has 0 saturated heterocycles. The summed E-state index contributed by atoms with van der Waals surface area (Å²) in [4.78, 5) is 13.9. The van der Waals surface area contributed by atoms with Gasteiger partial charge in [-0.2, -0.15) is 0 Å². The maximum atomic E-state index is 12.3. The summed E-state index contributed by atoms with van der Waals surface area (Å²) in [5, 5.41) is 0. The van der Waals surface area contributed by atoms with Crippen molar-refractivity contribution in [2.75, 3.05) is 6.54 Å². The molecular formula is C17H26BrNO3. The SMILES string of the molecule is CCN(Cc1cccc(Br)c1OC(C)C)C(=O)OC(C)(C)C. The number of hydrogen-bond acceptors (Lipinski definition) is 3. The van der Waals surface area contributed by atoms with Gasteiger partial charge in [-0.1, -0.05) is 12.1 Å². The molecule has 1 aromatic rings. The van der Waals surface area contributed by atoms with E-state index < -0.39 is 5.60 Å². The van der Waals surface area contributed by atoms with Crippen LogP contribution in [0.25, 0.3) is 0 Å². The topological polar surface area (TPSA) is 38.8 Å². The molecule has 0 aliphatic carbocycles. The number of rotatable bonds is 5. The van der Waals surface area contributed by atoms with Gasteiger partial charge in [-0.05, 0) is 63.5 Å². The molecule has 1 aromatic carbocycles. The zero-order valence-electron chi connectivity index (χ0n) is 14.3. The van der Waals surface area contributed by atoms with E-state index in [0.29, 0.717) is 13.1 Å². The number of carbonyl (C=O) groups is 1. The minimum absolute atomic E-state index is 0.0639. The average Bonchev–Trinajstić information content (AvgIpc) is 2.36. The summed E-state index contributed by atoms with van der Waals surface area (Å²) in [6.07, 6.45) is -0.250. The Morgan fingerprint density at radius 2 is 1.95 bits per heavy atom. The van der Waals surface area contributed by atoms with Crippen LogP contribution in [0.2, 0.25) is 0 Å². The van der Waals surface area contributed by atoms with Gasteiger partial charge in [-0.25, -0.2) is 4.79 Å². The van der Waals surface area contributed by atoms with E-state index in [1.807, 2.05) is 59.7 Å². The Bertz CT molecular complexity index is 509. The number of para-hydroxylation sites is 1. The van der Waals surface area contributed by atoms with E-state index >= 15 is 0 Å². The van der Waals surface area contributed by atoms with Crippen molar-refractivity contribution in [1.82, 2.24) is 4.90 Å². The van der Waals surface area contributed by atoms with Gasteiger partial charge in [0.25, 0.3) is 0 Å². The van der Waals surface area contributed by atoms with E-state index in [2.05, 4.69) is 15.9 Å². The molecule has 0 heterocycles. The zero-order chi connectivity index (χ0) is 16.9. The van der Waals surface area contributed by atoms with E-state index in [1.54, 1.807) is 4.90 Å². The Morgan fingerprint density at radius 3 is 2.45 bits per heavy atom. The van der Waals surface area contributed by atoms with Gasteiger partial charge in [0.05, 0.1) is 17.1 Å². The summed E-state index contributed by atoms with van der Waals surface area (Å²) in [6.45, 7) is 12.5. The van der Waals surface area contributed by atoms with Crippen molar-refractivity contribution in [2.24, 2.45) is 0 Å². The summed E-state index contributed by atoms with van der Waals surface area (Å²) in [7, 11) is 0. The van der Waals surface area contributed by atoms with E-state index in [-0.39, 0.29) is 12.2 Å². The first-order valence-electron chi connectivity index (χ1n) is 7.56. The van der Waals surface area contributed by atoms with Crippen LogP contribution in [0.1, 0.15) is 47.1 Å². The van der Waals surface area contributed by atoms with Crippen molar-refractivity contribution in [3.63, 3.8) is 0 Å². The third-order valence-corrected chi connectivity index (χ3v) is 3.42. The lowest BCUT2D eigenvalue weighted by atomic mass is 10.2. The molecule has 0 spiro atoms. The van der Waals surface area contributed by atoms with Crippen molar-refractivity contribution in [2.45, 2.75) is 59.8 Å². The summed E-state index contributed by atoms with van der Waals surface area (Å²) < 4.78 is 12.2. The molecule has 22 heavy (non-hydrogen) atoms. The third-order valence-electron chi connectivity index (χ3n) is 2.80. The molecule has 0 aliphatic rings. The number of ether oxygens (including phenoxy) is 2. The number of hydrogen-bond donors (Lipinski definition) is 0. The molecule has 0 saturated carbocycles. The lowest BCUT2D eigenvalue weighted by Crippen LogP contribution is -2.36. The first-order valence-corrected chi connectivity index (χ1v) is 8.35. The first kappa shape index (κ1) is 18.8. The lowest BCUT2D eigenvalue weighted by Gasteiger charge is -2.27. The van der Waals surface area contributed by atoms with Crippen LogP contribution in [-0.4, -0.2) is 29.2 Å². The van der Waals surface area contributed by atoms with Crippen LogP contribution in [-0.2, 0) is 11.3 Å². The summed E-state index contributed by atoms with van der Waals surface area (Å²) in [6, 6.07) is 5.84. The Labute approximate surface area is 141 Å². The molecule has 0 N–H and O–H groups in total. The summed E-state index contributed by atoms with van der Waals surface area (Å²) >= 11 is 3.51. The molecule has 5 heteroatoms. The molecule has 0 atom stereocenters. The predicted octanol–water partition coefficient (Wildman–Crippen LogP) is 4.99. The quantitative estimate of drug-likeness (QED) is 0.731. The van der Waals surface area contributed by atoms with Gasteiger partial charge >= 0.3 is 6.09 Å². The third kappa shape index (κ3) is 5.87. The lowest BCUT2D eigenvalue weighted by molar-refractivity contribution is 0.0243. The largest absolute Gasteiger partial charge is 0.489 e. The second kappa shape index (κ2) is 7.86. The standard InChI is InChI=1S/C17H26BrNO3/c1-7-19(16(20)22-17(4,5)6)11-13-9-8-10-14(18)15(13)21-12(2)3/h8-10,12H,7,11H2,1-6H3. The van der Waals surface area contributed by atoms with Crippen LogP contribution >= 0.6 is 15.9 Å². The molecule has 0 radical (unpaired) electrons. The van der Waals surface area contributed by atoms with Gasteiger partial charge in [0.1, 0.15) is 11.4 Å². The highest BCUT2D eigenvalue weighted by atomic mass is 79.9. The minimum Gasteiger partial charge on any atom is -0.489 e. The summed E-state index contributed by atoms with van der Waals surface area (Å²) in [5.74, 6) is 0.777. The smallest absolute Gasteiger partial charge is 0.410 e. The second-order valence-electron chi connectivity index (χ2n) is 6.39. The van der Waals surface area contributed by atoms with Gasteiger partial charge in [0.2, 0.25) is 0 Å². The van der Waals surface area contributed by atoms with Gasteiger partial charge < -0.3 is 14.4 Å². The van der Waals surface area contributed by atoms with Crippen LogP contribution < -0.4 is 4.74 Å². The molecule has 0 unspecified atom stereocenters. The number of amides is 1. The maximum Gasteiger partial charge on any atom is 0.410 e. The summed E-state index contributed by atoms with van der Waals surface area (Å²) in [5.41, 5.74) is 0.453. The van der Waals surface area contributed by atoms with E-state index in [4.69, 9.17) is 9.47 Å². The zero-order valence-corrected chi connectivity index (χ0v) is 15.9. The Balaban J connectivity index is 2.96. The van der Waals surface area contributed by atoms with Crippen LogP contribution in [0.15, 0.2) is 22.7 Å². The average molecular weight is 372 g/mol. The highest BCUT2D eigenvalue weighted by molar-refractivity contribution is 9.10. The fraction of sp³-hybridized carbons (Fsp3) is 0.588. The van der Waals surface area contributed by atoms with Crippen molar-refractivity contribution in [3.05, 3.63) is 28.2 Å². The van der Waals surface area contributed by atoms with Crippen molar-refractivity contribution < 1.29 is 14.3 Å². The van der Waals surface area contributed by atoms with Crippen LogP contribution in [0.5, 0.6) is 5.75 Å². The first-order chi connectivity index (χ1) is 10.1. The monoisotopic (exact) mass is 371 g/mol. The van der Waals surface area contributed by atoms with E-state index in [0.717, 1.165) is 15.8 Å². The number of carbonyl (C=O) groups excluding carboxylic acids is 1. The fourth-order valence-electron chi connectivity index (χ4n) is 1.88. The molecule has 0 fully saturated rings. The van der Waals surface area contributed by atoms with Gasteiger partial charge in [-0.3, -0.25) is 0 Å². The normalized spacial score (nSPS) is 11.5. The molecule has 4 nitrogen and oxygen atoms in total. The van der Waals surface area contributed by atoms with E-state index in [9.17, 15) is 4.79 Å². The number of benzene rings is 1. The molecule has 0 bridgehead atoms. The number of nitrogens with zero attached hydrogens (tertiary/aromatic N) is 1.